The van der Waals surface area contributed by atoms with Gasteiger partial charge in [0, 0.05) is 24.9 Å². The zero-order valence-corrected chi connectivity index (χ0v) is 14.3. The third-order valence-corrected chi connectivity index (χ3v) is 5.77. The van der Waals surface area contributed by atoms with Gasteiger partial charge in [0.25, 0.3) is 0 Å². The van der Waals surface area contributed by atoms with Crippen molar-refractivity contribution in [3.63, 3.8) is 0 Å². The van der Waals surface area contributed by atoms with E-state index in [0.29, 0.717) is 11.7 Å². The van der Waals surface area contributed by atoms with E-state index in [1.165, 1.54) is 38.9 Å². The van der Waals surface area contributed by atoms with E-state index in [4.69, 9.17) is 0 Å². The van der Waals surface area contributed by atoms with Crippen LogP contribution in [0.15, 0.2) is 0 Å². The van der Waals surface area contributed by atoms with Crippen LogP contribution in [-0.2, 0) is 4.79 Å². The van der Waals surface area contributed by atoms with Gasteiger partial charge in [-0.15, -0.1) is 0 Å². The number of hydrogen-bond donors (Lipinski definition) is 0. The second kappa shape index (κ2) is 8.28. The Labute approximate surface area is 131 Å². The standard InChI is InChI=1S/C18H34N2O/c1-4-15(3)20-12-6-16(7-13-20)14-19-10-8-17(9-11-19)18(21)5-2/h15-17H,4-14H2,1-3H3. The molecular weight excluding hydrogens is 260 g/mol. The quantitative estimate of drug-likeness (QED) is 0.751. The van der Waals surface area contributed by atoms with Crippen LogP contribution in [0.25, 0.3) is 0 Å². The van der Waals surface area contributed by atoms with Gasteiger partial charge in [0.05, 0.1) is 0 Å². The van der Waals surface area contributed by atoms with Gasteiger partial charge >= 0.3 is 0 Å². The van der Waals surface area contributed by atoms with Crippen molar-refractivity contribution in [3.8, 4) is 0 Å². The number of Topliss-reactive ketones (excluding diaryl/α,β-unsaturated/α-hetero) is 1. The van der Waals surface area contributed by atoms with Crippen molar-refractivity contribution in [1.29, 1.82) is 0 Å². The molecule has 2 saturated heterocycles. The van der Waals surface area contributed by atoms with Crippen LogP contribution in [0.4, 0.5) is 0 Å². The molecule has 2 aliphatic heterocycles. The summed E-state index contributed by atoms with van der Waals surface area (Å²) < 4.78 is 0. The van der Waals surface area contributed by atoms with Crippen molar-refractivity contribution in [2.45, 2.75) is 65.3 Å². The van der Waals surface area contributed by atoms with Crippen molar-refractivity contribution in [2.24, 2.45) is 11.8 Å². The molecule has 2 heterocycles. The number of nitrogens with zero attached hydrogens (tertiary/aromatic N) is 2. The largest absolute Gasteiger partial charge is 0.303 e. The van der Waals surface area contributed by atoms with Gasteiger partial charge < -0.3 is 9.80 Å². The van der Waals surface area contributed by atoms with Crippen LogP contribution in [0.1, 0.15) is 59.3 Å². The predicted molar refractivity (Wildman–Crippen MR) is 88.5 cm³/mol. The zero-order valence-electron chi connectivity index (χ0n) is 14.3. The number of rotatable bonds is 6. The highest BCUT2D eigenvalue weighted by Gasteiger charge is 2.27. The van der Waals surface area contributed by atoms with Crippen LogP contribution < -0.4 is 0 Å². The molecule has 122 valence electrons. The Morgan fingerprint density at radius 2 is 1.67 bits per heavy atom. The Morgan fingerprint density at radius 1 is 1.05 bits per heavy atom. The molecule has 0 aromatic carbocycles. The Balaban J connectivity index is 1.67. The van der Waals surface area contributed by atoms with Crippen molar-refractivity contribution < 1.29 is 4.79 Å². The van der Waals surface area contributed by atoms with Crippen molar-refractivity contribution in [2.75, 3.05) is 32.7 Å². The smallest absolute Gasteiger partial charge is 0.135 e. The average Bonchev–Trinajstić information content (AvgIpc) is 2.55. The summed E-state index contributed by atoms with van der Waals surface area (Å²) in [6.07, 6.45) is 6.90. The third kappa shape index (κ3) is 4.79. The maximum Gasteiger partial charge on any atom is 0.135 e. The maximum atomic E-state index is 11.8. The fourth-order valence-corrected chi connectivity index (χ4v) is 3.93. The number of piperidine rings is 2. The molecule has 0 saturated carbocycles. The number of ketones is 1. The molecule has 21 heavy (non-hydrogen) atoms. The van der Waals surface area contributed by atoms with E-state index in [9.17, 15) is 4.79 Å². The van der Waals surface area contributed by atoms with Gasteiger partial charge in [-0.25, -0.2) is 0 Å². The normalized spacial score (nSPS) is 25.1. The summed E-state index contributed by atoms with van der Waals surface area (Å²) in [5.41, 5.74) is 0. The van der Waals surface area contributed by atoms with E-state index in [-0.39, 0.29) is 0 Å². The molecule has 3 heteroatoms. The highest BCUT2D eigenvalue weighted by molar-refractivity contribution is 5.80. The lowest BCUT2D eigenvalue weighted by atomic mass is 9.89. The molecule has 0 N–H and O–H groups in total. The highest BCUT2D eigenvalue weighted by Crippen LogP contribution is 2.24. The van der Waals surface area contributed by atoms with E-state index in [0.717, 1.165) is 44.3 Å². The Morgan fingerprint density at radius 3 is 2.19 bits per heavy atom. The second-order valence-electron chi connectivity index (χ2n) is 7.13. The summed E-state index contributed by atoms with van der Waals surface area (Å²) in [6.45, 7) is 12.8. The fraction of sp³-hybridized carbons (Fsp3) is 0.944. The molecule has 0 aromatic heterocycles. The molecule has 1 atom stereocenters. The minimum Gasteiger partial charge on any atom is -0.303 e. The summed E-state index contributed by atoms with van der Waals surface area (Å²) in [6, 6.07) is 0.752. The topological polar surface area (TPSA) is 23.6 Å². The van der Waals surface area contributed by atoms with Crippen LogP contribution >= 0.6 is 0 Å². The van der Waals surface area contributed by atoms with Gasteiger partial charge in [0.1, 0.15) is 5.78 Å². The molecule has 0 radical (unpaired) electrons. The lowest BCUT2D eigenvalue weighted by Gasteiger charge is -2.39. The van der Waals surface area contributed by atoms with Crippen LogP contribution in [0.5, 0.6) is 0 Å². The van der Waals surface area contributed by atoms with E-state index < -0.39 is 0 Å². The number of carbonyl (C=O) groups is 1. The molecule has 2 rings (SSSR count). The number of hydrogen-bond acceptors (Lipinski definition) is 3. The molecule has 3 nitrogen and oxygen atoms in total. The summed E-state index contributed by atoms with van der Waals surface area (Å²) in [5, 5.41) is 0. The molecule has 2 aliphatic rings. The Bertz CT molecular complexity index is 315. The van der Waals surface area contributed by atoms with Gasteiger partial charge in [-0.05, 0) is 71.1 Å². The SMILES string of the molecule is CCC(=O)C1CCN(CC2CCN(C(C)CC)CC2)CC1. The first-order chi connectivity index (χ1) is 10.1. The van der Waals surface area contributed by atoms with Gasteiger partial charge in [0.15, 0.2) is 0 Å². The Kier molecular flexibility index (Phi) is 6.69. The molecule has 0 spiro atoms. The van der Waals surface area contributed by atoms with Crippen LogP contribution in [-0.4, -0.2) is 54.3 Å². The molecule has 0 amide bonds. The van der Waals surface area contributed by atoms with Gasteiger partial charge in [0.2, 0.25) is 0 Å². The number of carbonyl (C=O) groups excluding carboxylic acids is 1. The van der Waals surface area contributed by atoms with Crippen molar-refractivity contribution in [3.05, 3.63) is 0 Å². The maximum absolute atomic E-state index is 11.8. The molecule has 2 fully saturated rings. The molecule has 0 aromatic rings. The number of likely N-dealkylation sites (tertiary alicyclic amines) is 2. The molecule has 1 unspecified atom stereocenters. The zero-order chi connectivity index (χ0) is 15.2. The van der Waals surface area contributed by atoms with Crippen LogP contribution in [0.3, 0.4) is 0 Å². The van der Waals surface area contributed by atoms with E-state index in [2.05, 4.69) is 23.6 Å². The average molecular weight is 294 g/mol. The predicted octanol–water partition coefficient (Wildman–Crippen LogP) is 3.19. The third-order valence-electron chi connectivity index (χ3n) is 5.77. The highest BCUT2D eigenvalue weighted by atomic mass is 16.1. The minimum absolute atomic E-state index is 0.360. The van der Waals surface area contributed by atoms with Gasteiger partial charge in [-0.3, -0.25) is 4.79 Å². The van der Waals surface area contributed by atoms with Gasteiger partial charge in [-0.2, -0.15) is 0 Å². The first-order valence-corrected chi connectivity index (χ1v) is 9.13. The van der Waals surface area contributed by atoms with Crippen molar-refractivity contribution in [1.82, 2.24) is 9.80 Å². The summed E-state index contributed by atoms with van der Waals surface area (Å²) in [5.74, 6) is 1.72. The van der Waals surface area contributed by atoms with Crippen molar-refractivity contribution >= 4 is 5.78 Å². The minimum atomic E-state index is 0.360. The monoisotopic (exact) mass is 294 g/mol. The fourth-order valence-electron chi connectivity index (χ4n) is 3.93. The molecular formula is C18H34N2O. The van der Waals surface area contributed by atoms with E-state index >= 15 is 0 Å². The summed E-state index contributed by atoms with van der Waals surface area (Å²) in [4.78, 5) is 17.0. The van der Waals surface area contributed by atoms with E-state index in [1.54, 1.807) is 0 Å². The van der Waals surface area contributed by atoms with Crippen LogP contribution in [0, 0.1) is 11.8 Å². The molecule has 0 aliphatic carbocycles. The molecule has 0 bridgehead atoms. The first-order valence-electron chi connectivity index (χ1n) is 9.13. The summed E-state index contributed by atoms with van der Waals surface area (Å²) >= 11 is 0. The lowest BCUT2D eigenvalue weighted by molar-refractivity contribution is -0.124. The second-order valence-corrected chi connectivity index (χ2v) is 7.13. The van der Waals surface area contributed by atoms with E-state index in [1.807, 2.05) is 6.92 Å². The van der Waals surface area contributed by atoms with Gasteiger partial charge in [-0.1, -0.05) is 13.8 Å². The summed E-state index contributed by atoms with van der Waals surface area (Å²) in [7, 11) is 0. The lowest BCUT2D eigenvalue weighted by Crippen LogP contribution is -2.44. The first kappa shape index (κ1) is 17.0. The van der Waals surface area contributed by atoms with Crippen LogP contribution in [0.2, 0.25) is 0 Å². The Hall–Kier alpha value is -0.410.